The standard InChI is InChI=1S/C24H29FN2O4S/c25-19-7-9-20(10-8-19)27-14-12-26(13-15-27)11-3-4-21-18-24(30-16-17-31-24)22-5-1-2-6-23(22)32(21,28)29/h1-2,5-10,21H,3-4,11-18H2. The zero-order valence-electron chi connectivity index (χ0n) is 18.1. The third-order valence-electron chi connectivity index (χ3n) is 6.86. The highest BCUT2D eigenvalue weighted by atomic mass is 32.2. The number of halogens is 1. The number of rotatable bonds is 5. The molecule has 2 aromatic rings. The molecular weight excluding hydrogens is 431 g/mol. The van der Waals surface area contributed by atoms with Crippen LogP contribution >= 0.6 is 0 Å². The lowest BCUT2D eigenvalue weighted by molar-refractivity contribution is -0.174. The first kappa shape index (κ1) is 21.8. The van der Waals surface area contributed by atoms with Gasteiger partial charge < -0.3 is 14.4 Å². The Balaban J connectivity index is 1.19. The van der Waals surface area contributed by atoms with E-state index in [2.05, 4.69) is 9.80 Å². The Labute approximate surface area is 188 Å². The molecule has 0 N–H and O–H groups in total. The van der Waals surface area contributed by atoms with Crippen LogP contribution in [0.4, 0.5) is 10.1 Å². The van der Waals surface area contributed by atoms with E-state index in [1.54, 1.807) is 12.1 Å². The van der Waals surface area contributed by atoms with Crippen LogP contribution in [0.3, 0.4) is 0 Å². The van der Waals surface area contributed by atoms with Gasteiger partial charge in [0.25, 0.3) is 0 Å². The summed E-state index contributed by atoms with van der Waals surface area (Å²) in [6, 6.07) is 13.7. The fraction of sp³-hybridized carbons (Fsp3) is 0.500. The van der Waals surface area contributed by atoms with E-state index in [9.17, 15) is 12.8 Å². The first-order chi connectivity index (χ1) is 15.5. The van der Waals surface area contributed by atoms with Gasteiger partial charge in [-0.1, -0.05) is 18.2 Å². The van der Waals surface area contributed by atoms with Gasteiger partial charge in [0.05, 0.1) is 23.4 Å². The second-order valence-electron chi connectivity index (χ2n) is 8.76. The zero-order chi connectivity index (χ0) is 22.2. The number of fused-ring (bicyclic) bond motifs is 2. The van der Waals surface area contributed by atoms with Gasteiger partial charge in [-0.15, -0.1) is 0 Å². The predicted octanol–water partition coefficient (Wildman–Crippen LogP) is 3.17. The molecule has 0 aliphatic carbocycles. The van der Waals surface area contributed by atoms with Gasteiger partial charge >= 0.3 is 0 Å². The van der Waals surface area contributed by atoms with Gasteiger partial charge in [-0.05, 0) is 49.7 Å². The molecule has 1 atom stereocenters. The van der Waals surface area contributed by atoms with Crippen molar-refractivity contribution in [3.63, 3.8) is 0 Å². The van der Waals surface area contributed by atoms with Crippen LogP contribution < -0.4 is 4.90 Å². The quantitative estimate of drug-likeness (QED) is 0.683. The second kappa shape index (κ2) is 8.74. The number of ether oxygens (including phenoxy) is 2. The molecule has 8 heteroatoms. The van der Waals surface area contributed by atoms with Crippen molar-refractivity contribution in [1.29, 1.82) is 0 Å². The summed E-state index contributed by atoms with van der Waals surface area (Å²) < 4.78 is 51.7. The molecule has 0 radical (unpaired) electrons. The number of hydrogen-bond donors (Lipinski definition) is 0. The molecule has 6 nitrogen and oxygen atoms in total. The topological polar surface area (TPSA) is 59.1 Å². The molecule has 0 bridgehead atoms. The summed E-state index contributed by atoms with van der Waals surface area (Å²) in [6.45, 7) is 5.41. The number of piperazine rings is 1. The Bertz CT molecular complexity index is 1050. The van der Waals surface area contributed by atoms with Crippen molar-refractivity contribution in [3.05, 3.63) is 59.9 Å². The largest absolute Gasteiger partial charge is 0.369 e. The van der Waals surface area contributed by atoms with Gasteiger partial charge in [0.15, 0.2) is 15.6 Å². The number of benzene rings is 2. The summed E-state index contributed by atoms with van der Waals surface area (Å²) in [5, 5.41) is -0.504. The maximum atomic E-state index is 13.3. The van der Waals surface area contributed by atoms with Crippen LogP contribution in [0.5, 0.6) is 0 Å². The normalized spacial score (nSPS) is 24.5. The third kappa shape index (κ3) is 4.05. The van der Waals surface area contributed by atoms with E-state index < -0.39 is 20.9 Å². The maximum Gasteiger partial charge on any atom is 0.197 e. The summed E-state index contributed by atoms with van der Waals surface area (Å²) >= 11 is 0. The molecule has 5 rings (SSSR count). The number of sulfone groups is 1. The van der Waals surface area contributed by atoms with Gasteiger partial charge in [0, 0.05) is 43.9 Å². The van der Waals surface area contributed by atoms with Crippen molar-refractivity contribution < 1.29 is 22.3 Å². The summed E-state index contributed by atoms with van der Waals surface area (Å²) in [6.07, 6.45) is 1.74. The van der Waals surface area contributed by atoms with Gasteiger partial charge in [0.1, 0.15) is 5.82 Å². The van der Waals surface area contributed by atoms with Crippen molar-refractivity contribution in [2.45, 2.75) is 35.2 Å². The molecule has 172 valence electrons. The Kier molecular flexibility index (Phi) is 5.96. The maximum absolute atomic E-state index is 13.3. The lowest BCUT2D eigenvalue weighted by Crippen LogP contribution is -2.47. The first-order valence-corrected chi connectivity index (χ1v) is 12.9. The highest BCUT2D eigenvalue weighted by Crippen LogP contribution is 2.46. The summed E-state index contributed by atoms with van der Waals surface area (Å²) in [7, 11) is -3.41. The summed E-state index contributed by atoms with van der Waals surface area (Å²) in [4.78, 5) is 4.99. The first-order valence-electron chi connectivity index (χ1n) is 11.3. The lowest BCUT2D eigenvalue weighted by Gasteiger charge is -2.38. The Morgan fingerprint density at radius 3 is 2.38 bits per heavy atom. The monoisotopic (exact) mass is 460 g/mol. The second-order valence-corrected chi connectivity index (χ2v) is 11.0. The Morgan fingerprint density at radius 1 is 0.969 bits per heavy atom. The van der Waals surface area contributed by atoms with Gasteiger partial charge in [-0.25, -0.2) is 12.8 Å². The van der Waals surface area contributed by atoms with Crippen molar-refractivity contribution >= 4 is 15.5 Å². The van der Waals surface area contributed by atoms with E-state index in [0.717, 1.165) is 44.8 Å². The van der Waals surface area contributed by atoms with Crippen LogP contribution in [-0.2, 0) is 25.1 Å². The summed E-state index contributed by atoms with van der Waals surface area (Å²) in [5.41, 5.74) is 1.69. The predicted molar refractivity (Wildman–Crippen MR) is 120 cm³/mol. The Hall–Kier alpha value is -2.00. The number of anilines is 1. The van der Waals surface area contributed by atoms with Gasteiger partial charge in [0.2, 0.25) is 0 Å². The van der Waals surface area contributed by atoms with Gasteiger partial charge in [-0.3, -0.25) is 4.90 Å². The minimum atomic E-state index is -3.41. The molecule has 3 heterocycles. The molecule has 0 aromatic heterocycles. The third-order valence-corrected chi connectivity index (χ3v) is 9.11. The lowest BCUT2D eigenvalue weighted by atomic mass is 9.97. The summed E-state index contributed by atoms with van der Waals surface area (Å²) in [5.74, 6) is -1.14. The molecule has 3 aliphatic rings. The minimum absolute atomic E-state index is 0.220. The molecule has 3 aliphatic heterocycles. The van der Waals surface area contributed by atoms with Crippen LogP contribution in [0.1, 0.15) is 24.8 Å². The minimum Gasteiger partial charge on any atom is -0.369 e. The van der Waals surface area contributed by atoms with Crippen LogP contribution in [0.2, 0.25) is 0 Å². The van der Waals surface area contributed by atoms with E-state index in [-0.39, 0.29) is 5.82 Å². The average molecular weight is 461 g/mol. The molecule has 1 spiro atoms. The van der Waals surface area contributed by atoms with Crippen molar-refractivity contribution in [2.24, 2.45) is 0 Å². The van der Waals surface area contributed by atoms with E-state index in [1.807, 2.05) is 24.3 Å². The molecular formula is C24H29FN2O4S. The van der Waals surface area contributed by atoms with E-state index in [4.69, 9.17) is 9.47 Å². The zero-order valence-corrected chi connectivity index (χ0v) is 18.9. The molecule has 2 saturated heterocycles. The molecule has 0 amide bonds. The van der Waals surface area contributed by atoms with Crippen LogP contribution in [0.15, 0.2) is 53.4 Å². The molecule has 0 saturated carbocycles. The Morgan fingerprint density at radius 2 is 1.66 bits per heavy atom. The molecule has 1 unspecified atom stereocenters. The van der Waals surface area contributed by atoms with Crippen molar-refractivity contribution in [2.75, 3.05) is 50.8 Å². The van der Waals surface area contributed by atoms with Gasteiger partial charge in [-0.2, -0.15) is 0 Å². The van der Waals surface area contributed by atoms with E-state index in [0.29, 0.717) is 36.5 Å². The number of nitrogens with zero attached hydrogens (tertiary/aromatic N) is 2. The highest BCUT2D eigenvalue weighted by Gasteiger charge is 2.51. The molecule has 2 fully saturated rings. The van der Waals surface area contributed by atoms with Crippen LogP contribution in [-0.4, -0.2) is 64.5 Å². The smallest absolute Gasteiger partial charge is 0.197 e. The van der Waals surface area contributed by atoms with Crippen LogP contribution in [0.25, 0.3) is 0 Å². The van der Waals surface area contributed by atoms with Crippen molar-refractivity contribution in [3.8, 4) is 0 Å². The number of hydrogen-bond acceptors (Lipinski definition) is 6. The molecule has 2 aromatic carbocycles. The van der Waals surface area contributed by atoms with Crippen LogP contribution in [0, 0.1) is 5.82 Å². The van der Waals surface area contributed by atoms with Crippen molar-refractivity contribution in [1.82, 2.24) is 4.90 Å². The average Bonchev–Trinajstić information content (AvgIpc) is 3.28. The SMILES string of the molecule is O=S1(=O)c2ccccc2C2(CC1CCCN1CCN(c3ccc(F)cc3)CC1)OCCO2. The highest BCUT2D eigenvalue weighted by molar-refractivity contribution is 7.92. The van der Waals surface area contributed by atoms with E-state index >= 15 is 0 Å². The fourth-order valence-electron chi connectivity index (χ4n) is 5.14. The molecule has 32 heavy (non-hydrogen) atoms. The van der Waals surface area contributed by atoms with E-state index in [1.165, 1.54) is 12.1 Å². The fourth-order valence-corrected chi connectivity index (χ4v) is 7.21.